The first-order valence-corrected chi connectivity index (χ1v) is 36.9. The summed E-state index contributed by atoms with van der Waals surface area (Å²) >= 11 is 1.85. The number of aliphatic hydroxyl groups is 9. The van der Waals surface area contributed by atoms with Crippen molar-refractivity contribution in [1.29, 1.82) is 0 Å². The van der Waals surface area contributed by atoms with Crippen LogP contribution in [0, 0.1) is 38.2 Å². The minimum atomic E-state index is -3.41. The smallest absolute Gasteiger partial charge is 0.191 e. The van der Waals surface area contributed by atoms with Gasteiger partial charge in [0.25, 0.3) is 0 Å². The van der Waals surface area contributed by atoms with E-state index in [9.17, 15) is 54.0 Å². The van der Waals surface area contributed by atoms with Gasteiger partial charge in [-0.15, -0.1) is 15.3 Å². The highest BCUT2D eigenvalue weighted by atomic mass is 32.2. The van der Waals surface area contributed by atoms with Crippen LogP contribution < -0.4 is 16.0 Å². The SMILES string of the molecule is [2H]C([2H])(CC)Sc1nc(N[C@H]2[C@H](c3ccc(C)c(F)c3)C2([2H])[2H])c2nnn([C@@H]3C[C@H](OC([2H])([2H])C([2H])([2H])O)[C@@H](O)[C@H]3O)c2n1.[2H]C([2H])(CO)O[C@H]1C[C@@H](n2nnc3c(N[C@H]4[C@H](c5ccc(C)c(F)c5)C4([2H])[2H])nc(SC([2H])([2H])CC)nc32)[C@H](O)[C@@H]1O.[2H]C1([2H])[C@@H](Nc2nc(SC([2H])([2H])C([2H])([2H])C)nc3c2nnn3[C@@H]2C[C@H](OCCO)[C@@H](O)[C@H]2O)[C@@H]1c1ccc(C)c(F)c1. The summed E-state index contributed by atoms with van der Waals surface area (Å²) in [5.74, 6) is -3.53. The summed E-state index contributed by atoms with van der Waals surface area (Å²) < 4.78 is 224. The van der Waals surface area contributed by atoms with E-state index in [-0.39, 0.29) is 112 Å². The number of nitrogens with zero attached hydrogens (tertiary/aromatic N) is 15. The van der Waals surface area contributed by atoms with E-state index >= 15 is 0 Å². The van der Waals surface area contributed by atoms with E-state index in [1.807, 2.05) is 0 Å². The molecule has 6 aromatic heterocycles. The lowest BCUT2D eigenvalue weighted by Gasteiger charge is -2.17. The van der Waals surface area contributed by atoms with Crippen molar-refractivity contribution >= 4 is 86.2 Å². The van der Waals surface area contributed by atoms with Crippen molar-refractivity contribution in [3.8, 4) is 0 Å². The highest BCUT2D eigenvalue weighted by molar-refractivity contribution is 7.99. The summed E-state index contributed by atoms with van der Waals surface area (Å²) in [7, 11) is 0. The van der Waals surface area contributed by atoms with Crippen molar-refractivity contribution in [1.82, 2.24) is 74.9 Å². The Morgan fingerprint density at radius 1 is 0.472 bits per heavy atom. The lowest BCUT2D eigenvalue weighted by molar-refractivity contribution is -0.0629. The van der Waals surface area contributed by atoms with Crippen LogP contribution in [0.15, 0.2) is 70.1 Å². The van der Waals surface area contributed by atoms with Crippen molar-refractivity contribution in [2.45, 2.75) is 224 Å². The van der Waals surface area contributed by atoms with Gasteiger partial charge in [-0.25, -0.2) is 57.1 Å². The summed E-state index contributed by atoms with van der Waals surface area (Å²) in [6, 6.07) is 7.96. The average molecular weight is 1580 g/mol. The quantitative estimate of drug-likeness (QED) is 0.0168. The van der Waals surface area contributed by atoms with E-state index in [0.717, 1.165) is 23.4 Å². The largest absolute Gasteiger partial charge is 0.394 e. The maximum Gasteiger partial charge on any atom is 0.191 e. The fourth-order valence-electron chi connectivity index (χ4n) is 12.9. The van der Waals surface area contributed by atoms with Gasteiger partial charge in [0.05, 0.1) is 84.2 Å². The van der Waals surface area contributed by atoms with Gasteiger partial charge in [-0.05, 0) is 111 Å². The van der Waals surface area contributed by atoms with Crippen molar-refractivity contribution in [2.24, 2.45) is 0 Å². The molecule has 0 aliphatic heterocycles. The van der Waals surface area contributed by atoms with E-state index in [1.165, 1.54) is 27.6 Å². The third-order valence-electron chi connectivity index (χ3n) is 18.8. The Morgan fingerprint density at radius 3 is 1.13 bits per heavy atom. The van der Waals surface area contributed by atoms with Crippen LogP contribution in [0.25, 0.3) is 33.5 Å². The second-order valence-electron chi connectivity index (χ2n) is 26.0. The van der Waals surface area contributed by atoms with Crippen LogP contribution in [0.1, 0.15) is 175 Å². The number of halogens is 3. The number of thioether (sulfide) groups is 3. The van der Waals surface area contributed by atoms with Crippen molar-refractivity contribution in [3.05, 3.63) is 105 Å². The maximum absolute atomic E-state index is 14.3. The van der Waals surface area contributed by atoms with E-state index in [0.29, 0.717) is 56.9 Å². The number of nitrogens with one attached hydrogen (secondary N) is 3. The molecule has 6 heterocycles. The zero-order valence-electron chi connectivity index (χ0n) is 78.6. The standard InChI is InChI=1S/3C24H31FN6O4S/c3*1-3-8-36-24-27-22(26-16-10-14(16)13-5-4-12(2)15(25)9-13)19-23(28-24)31(30-29-19)17-11-18(35-7-6-32)21(34)20(17)33/h3*4-5,9,14,16-18,20-21,32-34H,3,6-8,10-11H2,1-2H3,(H,26,27,28)/t3*14-,16+,17+,18-,20-,21+/m000/s1/i6D2,7D2,8D2,10D2;7D2,8D2,10D2;3D2,8D2,10D2. The zero-order valence-corrected chi connectivity index (χ0v) is 61.0. The maximum atomic E-state index is 14.3. The van der Waals surface area contributed by atoms with Gasteiger partial charge < -0.3 is 76.1 Å². The second-order valence-corrected chi connectivity index (χ2v) is 28.5. The molecule has 0 radical (unpaired) electrons. The Bertz CT molecular complexity index is 5580. The topological polar surface area (TPSA) is 415 Å². The molecule has 108 heavy (non-hydrogen) atoms. The van der Waals surface area contributed by atoms with Gasteiger partial charge in [-0.3, -0.25) is 0 Å². The van der Waals surface area contributed by atoms with Gasteiger partial charge in [0.15, 0.2) is 66.4 Å². The van der Waals surface area contributed by atoms with Crippen LogP contribution in [0.4, 0.5) is 30.6 Å². The summed E-state index contributed by atoms with van der Waals surface area (Å²) in [5, 5.41) is 125. The Labute approximate surface area is 661 Å². The molecule has 6 fully saturated rings. The van der Waals surface area contributed by atoms with Gasteiger partial charge in [0, 0.05) is 91.4 Å². The van der Waals surface area contributed by atoms with E-state index in [2.05, 4.69) is 76.8 Å². The van der Waals surface area contributed by atoms with Crippen LogP contribution in [-0.4, -0.2) is 251 Å². The Balaban J connectivity index is 0.000000164. The minimum Gasteiger partial charge on any atom is -0.394 e. The average Bonchev–Trinajstić information content (AvgIpc) is 1.56. The van der Waals surface area contributed by atoms with E-state index < -0.39 is 195 Å². The molecule has 6 aliphatic rings. The number of hydrogen-bond acceptors (Lipinski definition) is 30. The Hall–Kier alpha value is -7.14. The number of aryl methyl sites for hydroxylation is 3. The molecule has 30 nitrogen and oxygen atoms in total. The van der Waals surface area contributed by atoms with Gasteiger partial charge >= 0.3 is 0 Å². The number of rotatable bonds is 30. The van der Waals surface area contributed by atoms with Crippen LogP contribution in [-0.2, 0) is 14.2 Å². The first kappa shape index (κ1) is 57.0. The monoisotopic (exact) mass is 1570 g/mol. The molecule has 9 aromatic rings. The van der Waals surface area contributed by atoms with Gasteiger partial charge in [0.2, 0.25) is 0 Å². The van der Waals surface area contributed by atoms with Gasteiger partial charge in [-0.1, -0.05) is 108 Å². The molecule has 0 unspecified atom stereocenters. The Kier molecular flexibility index (Phi) is 18.5. The predicted octanol–water partition coefficient (Wildman–Crippen LogP) is 6.55. The van der Waals surface area contributed by atoms with Gasteiger partial charge in [-0.2, -0.15) is 0 Å². The molecule has 6 saturated carbocycles. The van der Waals surface area contributed by atoms with Crippen LogP contribution in [0.2, 0.25) is 0 Å². The number of hydrogen-bond donors (Lipinski definition) is 12. The van der Waals surface area contributed by atoms with Gasteiger partial charge in [0.1, 0.15) is 54.1 Å². The summed E-state index contributed by atoms with van der Waals surface area (Å²) in [4.78, 5) is 26.4. The van der Waals surface area contributed by atoms with E-state index in [4.69, 9.17) is 46.7 Å². The molecule has 3 aromatic carbocycles. The van der Waals surface area contributed by atoms with Crippen LogP contribution in [0.3, 0.4) is 0 Å². The fourth-order valence-corrected chi connectivity index (χ4v) is 14.4. The zero-order chi connectivity index (χ0) is 94.1. The highest BCUT2D eigenvalue weighted by Crippen LogP contribution is 2.48. The molecule has 0 spiro atoms. The number of aliphatic hydroxyl groups excluding tert-OH is 8. The molecule has 0 amide bonds. The summed E-state index contributed by atoms with van der Waals surface area (Å²) in [6.07, 6.45) is -20.2. The van der Waals surface area contributed by atoms with Crippen molar-refractivity contribution in [3.63, 3.8) is 0 Å². The third-order valence-corrected chi connectivity index (χ3v) is 21.0. The number of fused-ring (bicyclic) bond motifs is 3. The molecule has 0 saturated heterocycles. The first-order chi connectivity index (χ1) is 59.4. The first-order valence-electron chi connectivity index (χ1n) is 44.5. The number of aromatic nitrogens is 15. The molecular weight excluding hydrogens is 1460 g/mol. The molecule has 18 atom stereocenters. The predicted molar refractivity (Wildman–Crippen MR) is 398 cm³/mol. The molecule has 0 bridgehead atoms. The molecule has 15 rings (SSSR count). The van der Waals surface area contributed by atoms with Crippen LogP contribution >= 0.6 is 35.3 Å². The number of anilines is 3. The lowest BCUT2D eigenvalue weighted by atomic mass is 10.1. The molecular formula is C72H93F3N18O12S3. The number of benzene rings is 3. The third kappa shape index (κ3) is 17.5. The second kappa shape index (κ2) is 35.1. The molecule has 12 N–H and O–H groups in total. The summed E-state index contributed by atoms with van der Waals surface area (Å²) in [6.45, 7) is -1.22. The van der Waals surface area contributed by atoms with Crippen LogP contribution in [0.5, 0.6) is 0 Å². The van der Waals surface area contributed by atoms with Crippen molar-refractivity contribution < 1.29 is 101 Å². The normalized spacial score (nSPS) is 32.7. The highest BCUT2D eigenvalue weighted by Gasteiger charge is 2.49. The molecule has 582 valence electrons. The van der Waals surface area contributed by atoms with Crippen molar-refractivity contribution in [2.75, 3.05) is 72.6 Å². The lowest BCUT2D eigenvalue weighted by Crippen LogP contribution is -2.33. The van der Waals surface area contributed by atoms with E-state index in [1.54, 1.807) is 71.0 Å². The fraction of sp³-hybridized carbons (Fsp3) is 0.583. The molecule has 36 heteroatoms. The molecule has 6 aliphatic carbocycles. The summed E-state index contributed by atoms with van der Waals surface area (Å²) in [5.41, 5.74) is -3.17. The number of ether oxygens (including phenoxy) is 3. The minimum absolute atomic E-state index is 0.00487. The Morgan fingerprint density at radius 2 is 0.815 bits per heavy atom.